The van der Waals surface area contributed by atoms with Gasteiger partial charge < -0.3 is 15.2 Å². The Hall–Kier alpha value is -2.79. The Morgan fingerprint density at radius 2 is 1.68 bits per heavy atom. The van der Waals surface area contributed by atoms with Gasteiger partial charge in [-0.3, -0.25) is 14.5 Å². The molecule has 0 aromatic heterocycles. The van der Waals surface area contributed by atoms with Crippen molar-refractivity contribution in [2.24, 2.45) is 5.92 Å². The van der Waals surface area contributed by atoms with E-state index in [2.05, 4.69) is 17.1 Å². The van der Waals surface area contributed by atoms with Gasteiger partial charge in [-0.05, 0) is 54.3 Å². The van der Waals surface area contributed by atoms with Crippen molar-refractivity contribution in [1.29, 1.82) is 0 Å². The predicted molar refractivity (Wildman–Crippen MR) is 142 cm³/mol. The Bertz CT molecular complexity index is 1140. The highest BCUT2D eigenvalue weighted by Gasteiger charge is 2.38. The fraction of sp³-hybridized carbons (Fsp3) is 0.481. The quantitative estimate of drug-likeness (QED) is 0.432. The lowest BCUT2D eigenvalue weighted by molar-refractivity contribution is -0.143. The molecule has 1 aliphatic heterocycles. The van der Waals surface area contributed by atoms with Crippen LogP contribution in [0.3, 0.4) is 0 Å². The molecule has 0 bridgehead atoms. The normalized spacial score (nSPS) is 15.6. The molecule has 1 heterocycles. The summed E-state index contributed by atoms with van der Waals surface area (Å²) in [6, 6.07) is 12.0. The molecule has 0 radical (unpaired) electrons. The number of anilines is 1. The highest BCUT2D eigenvalue weighted by molar-refractivity contribution is 7.89. The number of carbonyl (C=O) groups is 2. The van der Waals surface area contributed by atoms with Gasteiger partial charge in [0.15, 0.2) is 0 Å². The summed E-state index contributed by atoms with van der Waals surface area (Å²) in [4.78, 5) is 26.8. The molecule has 1 atom stereocenters. The summed E-state index contributed by atoms with van der Waals surface area (Å²) in [6.07, 6.45) is 1.97. The number of morpholine rings is 1. The van der Waals surface area contributed by atoms with Crippen LogP contribution in [0.15, 0.2) is 53.4 Å². The number of aliphatic carboxylic acids is 1. The van der Waals surface area contributed by atoms with Gasteiger partial charge in [-0.25, -0.2) is 8.42 Å². The fourth-order valence-electron chi connectivity index (χ4n) is 4.37. The third-order valence-corrected chi connectivity index (χ3v) is 8.30. The molecule has 202 valence electrons. The molecule has 0 saturated carbocycles. The first-order chi connectivity index (χ1) is 17.6. The van der Waals surface area contributed by atoms with Crippen LogP contribution in [0, 0.1) is 5.92 Å². The van der Waals surface area contributed by atoms with Crippen molar-refractivity contribution in [3.8, 4) is 0 Å². The van der Waals surface area contributed by atoms with Crippen molar-refractivity contribution in [1.82, 2.24) is 9.21 Å². The number of sulfonamides is 1. The fourth-order valence-corrected chi connectivity index (χ4v) is 6.08. The van der Waals surface area contributed by atoms with E-state index in [4.69, 9.17) is 4.74 Å². The number of carboxylic acids is 1. The Morgan fingerprint density at radius 1 is 1.05 bits per heavy atom. The summed E-state index contributed by atoms with van der Waals surface area (Å²) < 4.78 is 33.7. The van der Waals surface area contributed by atoms with Gasteiger partial charge in [0.05, 0.1) is 18.1 Å². The van der Waals surface area contributed by atoms with E-state index in [-0.39, 0.29) is 17.3 Å². The molecule has 9 nitrogen and oxygen atoms in total. The van der Waals surface area contributed by atoms with Crippen LogP contribution in [0.2, 0.25) is 0 Å². The summed E-state index contributed by atoms with van der Waals surface area (Å²) in [5.41, 5.74) is 2.11. The summed E-state index contributed by atoms with van der Waals surface area (Å²) in [5.74, 6) is -1.91. The van der Waals surface area contributed by atoms with Crippen molar-refractivity contribution in [2.45, 2.75) is 44.6 Å². The number of carbonyl (C=O) groups excluding carboxylic acids is 1. The van der Waals surface area contributed by atoms with Gasteiger partial charge in [0.25, 0.3) is 5.91 Å². The van der Waals surface area contributed by atoms with Gasteiger partial charge in [-0.15, -0.1) is 0 Å². The van der Waals surface area contributed by atoms with E-state index in [1.807, 2.05) is 12.1 Å². The first-order valence-corrected chi connectivity index (χ1v) is 14.1. The van der Waals surface area contributed by atoms with Crippen LogP contribution < -0.4 is 5.32 Å². The number of hydrogen-bond acceptors (Lipinski definition) is 6. The van der Waals surface area contributed by atoms with Crippen molar-refractivity contribution < 1.29 is 27.9 Å². The van der Waals surface area contributed by atoms with Crippen LogP contribution in [0.5, 0.6) is 0 Å². The highest BCUT2D eigenvalue weighted by Crippen LogP contribution is 2.24. The van der Waals surface area contributed by atoms with E-state index in [1.165, 1.54) is 24.3 Å². The van der Waals surface area contributed by atoms with Gasteiger partial charge in [0, 0.05) is 37.4 Å². The Labute approximate surface area is 219 Å². The van der Waals surface area contributed by atoms with Gasteiger partial charge in [0.1, 0.15) is 6.04 Å². The maximum absolute atomic E-state index is 13.6. The zero-order valence-corrected chi connectivity index (χ0v) is 22.5. The lowest BCUT2D eigenvalue weighted by Gasteiger charge is -2.33. The van der Waals surface area contributed by atoms with E-state index < -0.39 is 28.0 Å². The van der Waals surface area contributed by atoms with Gasteiger partial charge >= 0.3 is 5.97 Å². The number of hydrogen-bond donors (Lipinski definition) is 2. The minimum atomic E-state index is -4.12. The second kappa shape index (κ2) is 13.1. The zero-order valence-electron chi connectivity index (χ0n) is 21.7. The summed E-state index contributed by atoms with van der Waals surface area (Å²) in [6.45, 7) is 8.41. The van der Waals surface area contributed by atoms with Crippen LogP contribution in [0.25, 0.3) is 0 Å². The lowest BCUT2D eigenvalue weighted by Crippen LogP contribution is -2.51. The Morgan fingerprint density at radius 3 is 2.22 bits per heavy atom. The number of benzene rings is 2. The summed E-state index contributed by atoms with van der Waals surface area (Å²) >= 11 is 0. The van der Waals surface area contributed by atoms with Crippen molar-refractivity contribution in [3.05, 3.63) is 59.7 Å². The van der Waals surface area contributed by atoms with E-state index in [0.717, 1.165) is 22.7 Å². The SMILES string of the molecule is CCCc1ccc(C(=O)Nc2ccc(S(=O)(=O)N(CCN3CCOCC3)[C@@H](C(=O)O)C(C)C)cc2)cc1. The second-order valence-corrected chi connectivity index (χ2v) is 11.4. The smallest absolute Gasteiger partial charge is 0.322 e. The molecule has 1 amide bonds. The molecule has 0 spiro atoms. The average Bonchev–Trinajstić information content (AvgIpc) is 2.87. The standard InChI is InChI=1S/C27H37N3O6S/c1-4-5-21-6-8-22(9-7-21)26(31)28-23-10-12-24(13-11-23)37(34,35)30(25(20(2)3)27(32)33)15-14-29-16-18-36-19-17-29/h6-13,20,25H,4-5,14-19H2,1-3H3,(H,28,31)(H,32,33)/t25-/m1/s1. The van der Waals surface area contributed by atoms with E-state index in [1.54, 1.807) is 26.0 Å². The molecule has 3 rings (SSSR count). The Kier molecular flexibility index (Phi) is 10.2. The van der Waals surface area contributed by atoms with Crippen molar-refractivity contribution in [2.75, 3.05) is 44.7 Å². The Balaban J connectivity index is 1.77. The van der Waals surface area contributed by atoms with Gasteiger partial charge in [-0.2, -0.15) is 4.31 Å². The molecular weight excluding hydrogens is 494 g/mol. The molecule has 1 fully saturated rings. The van der Waals surface area contributed by atoms with Crippen LogP contribution in [-0.4, -0.2) is 80.0 Å². The number of aryl methyl sites for hydroxylation is 1. The topological polar surface area (TPSA) is 116 Å². The number of rotatable bonds is 12. The van der Waals surface area contributed by atoms with Crippen molar-refractivity contribution in [3.63, 3.8) is 0 Å². The molecule has 2 N–H and O–H groups in total. The van der Waals surface area contributed by atoms with E-state index in [9.17, 15) is 23.1 Å². The molecule has 0 unspecified atom stereocenters. The van der Waals surface area contributed by atoms with Gasteiger partial charge in [0.2, 0.25) is 10.0 Å². The molecular formula is C27H37N3O6S. The predicted octanol–water partition coefficient (Wildman–Crippen LogP) is 3.32. The highest BCUT2D eigenvalue weighted by atomic mass is 32.2. The third-order valence-electron chi connectivity index (χ3n) is 6.41. The molecule has 1 saturated heterocycles. The van der Waals surface area contributed by atoms with E-state index >= 15 is 0 Å². The lowest BCUT2D eigenvalue weighted by atomic mass is 10.0. The molecule has 0 aliphatic carbocycles. The monoisotopic (exact) mass is 531 g/mol. The molecule has 10 heteroatoms. The molecule has 2 aromatic carbocycles. The van der Waals surface area contributed by atoms with Crippen LogP contribution >= 0.6 is 0 Å². The molecule has 1 aliphatic rings. The first-order valence-electron chi connectivity index (χ1n) is 12.7. The van der Waals surface area contributed by atoms with Crippen LogP contribution in [-0.2, 0) is 26.0 Å². The van der Waals surface area contributed by atoms with Crippen LogP contribution in [0.1, 0.15) is 43.1 Å². The minimum Gasteiger partial charge on any atom is -0.480 e. The zero-order chi connectivity index (χ0) is 27.0. The second-order valence-electron chi connectivity index (χ2n) is 9.52. The largest absolute Gasteiger partial charge is 0.480 e. The number of nitrogens with one attached hydrogen (secondary N) is 1. The summed E-state index contributed by atoms with van der Waals surface area (Å²) in [7, 11) is -4.12. The molecule has 37 heavy (non-hydrogen) atoms. The first kappa shape index (κ1) is 28.8. The van der Waals surface area contributed by atoms with Crippen molar-refractivity contribution >= 4 is 27.6 Å². The van der Waals surface area contributed by atoms with E-state index in [0.29, 0.717) is 44.1 Å². The number of amides is 1. The number of ether oxygens (including phenoxy) is 1. The third kappa shape index (κ3) is 7.61. The minimum absolute atomic E-state index is 0.0247. The average molecular weight is 532 g/mol. The maximum atomic E-state index is 13.6. The van der Waals surface area contributed by atoms with Crippen LogP contribution in [0.4, 0.5) is 5.69 Å². The number of carboxylic acid groups (broad SMARTS) is 1. The maximum Gasteiger partial charge on any atom is 0.322 e. The summed E-state index contributed by atoms with van der Waals surface area (Å²) in [5, 5.41) is 12.7. The van der Waals surface area contributed by atoms with Gasteiger partial charge in [-0.1, -0.05) is 39.3 Å². The number of nitrogens with zero attached hydrogens (tertiary/aromatic N) is 2. The molecule has 2 aromatic rings.